The van der Waals surface area contributed by atoms with Gasteiger partial charge in [-0.2, -0.15) is 0 Å². The van der Waals surface area contributed by atoms with Gasteiger partial charge in [0, 0.05) is 43.7 Å². The number of fused-ring (bicyclic) bond motifs is 9. The van der Waals surface area contributed by atoms with Gasteiger partial charge in [-0.05, 0) is 70.6 Å². The van der Waals surface area contributed by atoms with E-state index in [1.54, 1.807) is 0 Å². The van der Waals surface area contributed by atoms with Crippen LogP contribution in [0.15, 0.2) is 193 Å². The van der Waals surface area contributed by atoms with Gasteiger partial charge in [0.1, 0.15) is 5.37 Å². The van der Waals surface area contributed by atoms with E-state index in [4.69, 9.17) is 0 Å². The van der Waals surface area contributed by atoms with Crippen LogP contribution in [0.3, 0.4) is 0 Å². The predicted octanol–water partition coefficient (Wildman–Crippen LogP) is 13.8. The van der Waals surface area contributed by atoms with Gasteiger partial charge < -0.3 is 14.8 Å². The van der Waals surface area contributed by atoms with Gasteiger partial charge in [-0.3, -0.25) is 0 Å². The minimum atomic E-state index is 0.212. The molecule has 1 aromatic heterocycles. The number of nitrogens with zero attached hydrogens (tertiary/aromatic N) is 2. The molecule has 4 heteroatoms. The van der Waals surface area contributed by atoms with Crippen molar-refractivity contribution in [2.75, 3.05) is 10.2 Å². The van der Waals surface area contributed by atoms with Gasteiger partial charge >= 0.3 is 0 Å². The van der Waals surface area contributed by atoms with Crippen LogP contribution in [0.2, 0.25) is 0 Å². The molecule has 9 aromatic rings. The molecule has 0 aliphatic carbocycles. The molecule has 2 aliphatic heterocycles. The van der Waals surface area contributed by atoms with Crippen LogP contribution < -0.4 is 10.2 Å². The Bertz CT molecular complexity index is 2860. The molecule has 0 fully saturated rings. The van der Waals surface area contributed by atoms with E-state index in [2.05, 4.69) is 203 Å². The largest absolute Gasteiger partial charge is 0.368 e. The monoisotopic (exact) mass is 695 g/mol. The summed E-state index contributed by atoms with van der Waals surface area (Å²) in [6.07, 6.45) is 0. The maximum atomic E-state index is 3.79. The molecule has 1 atom stereocenters. The molecule has 0 radical (unpaired) electrons. The van der Waals surface area contributed by atoms with Gasteiger partial charge in [-0.15, -0.1) is 0 Å². The zero-order valence-corrected chi connectivity index (χ0v) is 29.6. The van der Waals surface area contributed by atoms with Gasteiger partial charge in [0.15, 0.2) is 0 Å². The molecule has 0 saturated carbocycles. The fourth-order valence-electron chi connectivity index (χ4n) is 8.48. The molecule has 3 nitrogen and oxygen atoms in total. The maximum Gasteiger partial charge on any atom is 0.103 e. The molecule has 0 bridgehead atoms. The lowest BCUT2D eigenvalue weighted by Gasteiger charge is -2.29. The van der Waals surface area contributed by atoms with Gasteiger partial charge in [0.2, 0.25) is 0 Å². The zero-order valence-electron chi connectivity index (χ0n) is 28.8. The molecule has 2 aliphatic rings. The van der Waals surface area contributed by atoms with Crippen LogP contribution >= 0.6 is 11.8 Å². The first kappa shape index (κ1) is 30.2. The number of thioether (sulfide) groups is 1. The lowest BCUT2D eigenvalue weighted by molar-refractivity contribution is 1.13. The number of benzene rings is 8. The lowest BCUT2D eigenvalue weighted by Crippen LogP contribution is -2.11. The van der Waals surface area contributed by atoms with Crippen molar-refractivity contribution in [1.29, 1.82) is 0 Å². The Morgan fingerprint density at radius 2 is 1.09 bits per heavy atom. The number of rotatable bonds is 4. The van der Waals surface area contributed by atoms with E-state index in [9.17, 15) is 0 Å². The SMILES string of the molecule is c1ccc(C2Nc3cc(-c4cccc5c(N6c7ccccc7-c7c(n(-c8ccccc8)c8ccccc78)-c7ccccc76)cccc45)ccc3S2)cc1. The van der Waals surface area contributed by atoms with Crippen LogP contribution in [-0.4, -0.2) is 4.57 Å². The summed E-state index contributed by atoms with van der Waals surface area (Å²) in [5.74, 6) is 0. The Hall–Kier alpha value is -6.49. The third-order valence-corrected chi connectivity index (χ3v) is 12.0. The van der Waals surface area contributed by atoms with Gasteiger partial charge in [-0.1, -0.05) is 151 Å². The van der Waals surface area contributed by atoms with Crippen LogP contribution in [0.5, 0.6) is 0 Å². The summed E-state index contributed by atoms with van der Waals surface area (Å²) in [6.45, 7) is 0. The molecular weight excluding hydrogens is 663 g/mol. The van der Waals surface area contributed by atoms with Crippen molar-refractivity contribution in [3.63, 3.8) is 0 Å². The second kappa shape index (κ2) is 12.0. The Morgan fingerprint density at radius 3 is 1.94 bits per heavy atom. The van der Waals surface area contributed by atoms with Crippen molar-refractivity contribution in [2.45, 2.75) is 10.3 Å². The van der Waals surface area contributed by atoms with Gasteiger partial charge in [0.05, 0.1) is 28.3 Å². The highest BCUT2D eigenvalue weighted by Crippen LogP contribution is 2.55. The maximum absolute atomic E-state index is 3.79. The number of hydrogen-bond acceptors (Lipinski definition) is 3. The third kappa shape index (κ3) is 4.69. The zero-order chi connectivity index (χ0) is 34.9. The topological polar surface area (TPSA) is 20.2 Å². The van der Waals surface area contributed by atoms with E-state index in [0.717, 1.165) is 17.1 Å². The fourth-order valence-corrected chi connectivity index (χ4v) is 9.61. The summed E-state index contributed by atoms with van der Waals surface area (Å²) in [5, 5.41) is 7.68. The fraction of sp³-hybridized carbons (Fsp3) is 0.0204. The Kier molecular flexibility index (Phi) is 6.86. The molecular formula is C49H33N3S. The molecule has 3 heterocycles. The van der Waals surface area contributed by atoms with Crippen molar-refractivity contribution >= 4 is 56.2 Å². The van der Waals surface area contributed by atoms with E-state index >= 15 is 0 Å². The molecule has 0 amide bonds. The normalized spacial score (nSPS) is 14.3. The standard InChI is InChI=1S/C49H33N3S/c1-3-15-32(16-4-1)49-50-41-31-33(29-30-46(41)53-49)35-22-13-24-37-36(35)23-14-28-42(37)52-44-26-11-8-20-39(44)47-38-19-7-10-25-43(38)51(34-17-5-2-6-18-34)48(47)40-21-9-12-27-45(40)52/h1-31,49-50H. The second-order valence-corrected chi connectivity index (χ2v) is 14.9. The first-order valence-corrected chi connectivity index (χ1v) is 19.0. The molecule has 0 spiro atoms. The number of anilines is 4. The minimum Gasteiger partial charge on any atom is -0.368 e. The van der Waals surface area contributed by atoms with Gasteiger partial charge in [-0.25, -0.2) is 0 Å². The molecule has 1 N–H and O–H groups in total. The van der Waals surface area contributed by atoms with Crippen LogP contribution in [0.4, 0.5) is 22.7 Å². The third-order valence-electron chi connectivity index (χ3n) is 10.8. The average Bonchev–Trinajstić information content (AvgIpc) is 3.78. The summed E-state index contributed by atoms with van der Waals surface area (Å²) in [7, 11) is 0. The van der Waals surface area contributed by atoms with Crippen molar-refractivity contribution in [3.05, 3.63) is 194 Å². The lowest BCUT2D eigenvalue weighted by atomic mass is 9.96. The molecule has 1 unspecified atom stereocenters. The van der Waals surface area contributed by atoms with Crippen LogP contribution in [0, 0.1) is 0 Å². The van der Waals surface area contributed by atoms with Crippen molar-refractivity contribution in [1.82, 2.24) is 4.57 Å². The minimum absolute atomic E-state index is 0.212. The number of para-hydroxylation sites is 4. The van der Waals surface area contributed by atoms with Gasteiger partial charge in [0.25, 0.3) is 0 Å². The summed E-state index contributed by atoms with van der Waals surface area (Å²) < 4.78 is 2.45. The predicted molar refractivity (Wildman–Crippen MR) is 224 cm³/mol. The smallest absolute Gasteiger partial charge is 0.103 e. The molecule has 0 saturated heterocycles. The highest BCUT2D eigenvalue weighted by molar-refractivity contribution is 8.00. The molecule has 250 valence electrons. The van der Waals surface area contributed by atoms with Crippen LogP contribution in [-0.2, 0) is 0 Å². The van der Waals surface area contributed by atoms with E-state index < -0.39 is 0 Å². The van der Waals surface area contributed by atoms with Crippen molar-refractivity contribution < 1.29 is 0 Å². The Morgan fingerprint density at radius 1 is 0.472 bits per heavy atom. The van der Waals surface area contributed by atoms with E-state index in [1.165, 1.54) is 77.0 Å². The summed E-state index contributed by atoms with van der Waals surface area (Å²) in [4.78, 5) is 3.78. The quantitative estimate of drug-likeness (QED) is 0.198. The Labute approximate surface area is 312 Å². The van der Waals surface area contributed by atoms with E-state index in [-0.39, 0.29) is 5.37 Å². The van der Waals surface area contributed by atoms with E-state index in [0.29, 0.717) is 0 Å². The highest BCUT2D eigenvalue weighted by Gasteiger charge is 2.32. The van der Waals surface area contributed by atoms with Crippen molar-refractivity contribution in [3.8, 4) is 39.2 Å². The molecule has 11 rings (SSSR count). The number of nitrogens with one attached hydrogen (secondary N) is 1. The summed E-state index contributed by atoms with van der Waals surface area (Å²) in [5.41, 5.74) is 15.6. The first-order valence-electron chi connectivity index (χ1n) is 18.1. The molecule has 53 heavy (non-hydrogen) atoms. The van der Waals surface area contributed by atoms with E-state index in [1.807, 2.05) is 11.8 Å². The van der Waals surface area contributed by atoms with Crippen molar-refractivity contribution in [2.24, 2.45) is 0 Å². The number of hydrogen-bond donors (Lipinski definition) is 1. The molecule has 8 aromatic carbocycles. The van der Waals surface area contributed by atoms with Crippen LogP contribution in [0.25, 0.3) is 60.9 Å². The first-order chi connectivity index (χ1) is 26.3. The average molecular weight is 696 g/mol. The second-order valence-electron chi connectivity index (χ2n) is 13.7. The van der Waals surface area contributed by atoms with Crippen LogP contribution in [0.1, 0.15) is 10.9 Å². The summed E-state index contributed by atoms with van der Waals surface area (Å²) >= 11 is 1.88. The highest BCUT2D eigenvalue weighted by atomic mass is 32.2. The number of aromatic nitrogens is 1. The Balaban J connectivity index is 1.12. The summed E-state index contributed by atoms with van der Waals surface area (Å²) in [6, 6.07) is 68.6.